The van der Waals surface area contributed by atoms with E-state index in [0.29, 0.717) is 5.39 Å². The highest BCUT2D eigenvalue weighted by Gasteiger charge is 2.36. The van der Waals surface area contributed by atoms with Crippen molar-refractivity contribution in [2.24, 2.45) is 0 Å². The maximum absolute atomic E-state index is 12.4. The van der Waals surface area contributed by atoms with Crippen LogP contribution in [0.25, 0.3) is 10.8 Å². The molecule has 0 amide bonds. The van der Waals surface area contributed by atoms with Crippen molar-refractivity contribution in [3.8, 4) is 0 Å². The standard InChI is InChI=1S/C12H12N2O3S/c15-10-7-14(8-10)18(16,17)12-3-1-2-9-6-13-5-4-11(9)12/h1-6,10,15H,7-8H2. The van der Waals surface area contributed by atoms with Gasteiger partial charge in [0.05, 0.1) is 11.0 Å². The first-order valence-corrected chi connectivity index (χ1v) is 7.04. The molecule has 94 valence electrons. The Morgan fingerprint density at radius 3 is 2.78 bits per heavy atom. The zero-order chi connectivity index (χ0) is 12.8. The van der Waals surface area contributed by atoms with Gasteiger partial charge in [0.1, 0.15) is 0 Å². The third-order valence-electron chi connectivity index (χ3n) is 3.09. The fourth-order valence-corrected chi connectivity index (χ4v) is 3.80. The fraction of sp³-hybridized carbons (Fsp3) is 0.250. The van der Waals surface area contributed by atoms with E-state index in [4.69, 9.17) is 0 Å². The predicted octanol–water partition coefficient (Wildman–Crippen LogP) is 0.600. The van der Waals surface area contributed by atoms with Gasteiger partial charge in [-0.05, 0) is 12.1 Å². The number of nitrogens with zero attached hydrogens (tertiary/aromatic N) is 2. The van der Waals surface area contributed by atoms with Crippen LogP contribution in [0.5, 0.6) is 0 Å². The minimum Gasteiger partial charge on any atom is -0.390 e. The normalized spacial score (nSPS) is 17.8. The van der Waals surface area contributed by atoms with Crippen LogP contribution in [0.3, 0.4) is 0 Å². The van der Waals surface area contributed by atoms with Crippen LogP contribution in [-0.2, 0) is 10.0 Å². The van der Waals surface area contributed by atoms with Crippen LogP contribution in [-0.4, -0.2) is 42.0 Å². The average Bonchev–Trinajstić information content (AvgIpc) is 2.34. The van der Waals surface area contributed by atoms with Crippen molar-refractivity contribution in [3.63, 3.8) is 0 Å². The minimum absolute atomic E-state index is 0.170. The molecule has 0 unspecified atom stereocenters. The molecule has 0 saturated carbocycles. The third-order valence-corrected chi connectivity index (χ3v) is 4.98. The van der Waals surface area contributed by atoms with Gasteiger partial charge in [-0.1, -0.05) is 12.1 Å². The molecule has 1 aliphatic heterocycles. The highest BCUT2D eigenvalue weighted by atomic mass is 32.2. The average molecular weight is 264 g/mol. The number of aromatic nitrogens is 1. The number of aliphatic hydroxyl groups excluding tert-OH is 1. The van der Waals surface area contributed by atoms with Gasteiger partial charge in [0, 0.05) is 36.3 Å². The number of β-amino-alcohol motifs (C(OH)–C–C–N with tert-alkyl or cyclic N) is 1. The van der Waals surface area contributed by atoms with Crippen LogP contribution in [0.1, 0.15) is 0 Å². The van der Waals surface area contributed by atoms with E-state index in [2.05, 4.69) is 4.98 Å². The third kappa shape index (κ3) is 1.69. The summed E-state index contributed by atoms with van der Waals surface area (Å²) < 4.78 is 26.0. The first kappa shape index (κ1) is 11.6. The van der Waals surface area contributed by atoms with Crippen LogP contribution in [0, 0.1) is 0 Å². The van der Waals surface area contributed by atoms with Crippen molar-refractivity contribution < 1.29 is 13.5 Å². The van der Waals surface area contributed by atoms with Crippen LogP contribution >= 0.6 is 0 Å². The van der Waals surface area contributed by atoms with Gasteiger partial charge in [-0.15, -0.1) is 0 Å². The van der Waals surface area contributed by atoms with Gasteiger partial charge in [-0.3, -0.25) is 4.98 Å². The topological polar surface area (TPSA) is 70.5 Å². The van der Waals surface area contributed by atoms with E-state index in [9.17, 15) is 13.5 Å². The molecule has 0 spiro atoms. The highest BCUT2D eigenvalue weighted by Crippen LogP contribution is 2.27. The number of pyridine rings is 1. The Morgan fingerprint density at radius 2 is 2.06 bits per heavy atom. The minimum atomic E-state index is -3.52. The van der Waals surface area contributed by atoms with Crippen molar-refractivity contribution in [2.45, 2.75) is 11.0 Å². The summed E-state index contributed by atoms with van der Waals surface area (Å²) in [6.45, 7) is 0.341. The molecule has 2 aromatic rings. The van der Waals surface area contributed by atoms with E-state index in [0.717, 1.165) is 5.39 Å². The lowest BCUT2D eigenvalue weighted by Crippen LogP contribution is -2.53. The summed E-state index contributed by atoms with van der Waals surface area (Å²) in [5, 5.41) is 10.7. The molecule has 0 radical (unpaired) electrons. The Bertz CT molecular complexity index is 688. The summed E-state index contributed by atoms with van der Waals surface area (Å²) in [6.07, 6.45) is 2.67. The number of aliphatic hydroxyl groups is 1. The first-order valence-electron chi connectivity index (χ1n) is 5.60. The fourth-order valence-electron chi connectivity index (χ4n) is 2.07. The maximum atomic E-state index is 12.4. The monoisotopic (exact) mass is 264 g/mol. The van der Waals surface area contributed by atoms with Crippen molar-refractivity contribution >= 4 is 20.8 Å². The van der Waals surface area contributed by atoms with Crippen LogP contribution in [0.2, 0.25) is 0 Å². The second-order valence-electron chi connectivity index (χ2n) is 4.33. The first-order chi connectivity index (χ1) is 8.59. The summed E-state index contributed by atoms with van der Waals surface area (Å²) in [5.41, 5.74) is 0. The van der Waals surface area contributed by atoms with Gasteiger partial charge >= 0.3 is 0 Å². The van der Waals surface area contributed by atoms with Crippen molar-refractivity contribution in [3.05, 3.63) is 36.7 Å². The molecule has 1 aliphatic rings. The van der Waals surface area contributed by atoms with E-state index >= 15 is 0 Å². The molecule has 0 bridgehead atoms. The molecule has 0 aliphatic carbocycles. The van der Waals surface area contributed by atoms with Gasteiger partial charge in [0.2, 0.25) is 10.0 Å². The van der Waals surface area contributed by atoms with Gasteiger partial charge in [-0.25, -0.2) is 8.42 Å². The van der Waals surface area contributed by atoms with Crippen LogP contribution < -0.4 is 0 Å². The number of hydrogen-bond donors (Lipinski definition) is 1. The maximum Gasteiger partial charge on any atom is 0.243 e. The van der Waals surface area contributed by atoms with E-state index in [-0.39, 0.29) is 18.0 Å². The predicted molar refractivity (Wildman–Crippen MR) is 66.5 cm³/mol. The molecule has 5 nitrogen and oxygen atoms in total. The largest absolute Gasteiger partial charge is 0.390 e. The highest BCUT2D eigenvalue weighted by molar-refractivity contribution is 7.89. The number of benzene rings is 1. The second kappa shape index (κ2) is 4.01. The Balaban J connectivity index is 2.15. The smallest absolute Gasteiger partial charge is 0.243 e. The lowest BCUT2D eigenvalue weighted by Gasteiger charge is -2.34. The summed E-state index contributed by atoms with van der Waals surface area (Å²) in [7, 11) is -3.52. The molecular formula is C12H12N2O3S. The van der Waals surface area contributed by atoms with Crippen molar-refractivity contribution in [2.75, 3.05) is 13.1 Å². The van der Waals surface area contributed by atoms with Gasteiger partial charge in [-0.2, -0.15) is 4.31 Å². The van der Waals surface area contributed by atoms with Crippen molar-refractivity contribution in [1.29, 1.82) is 0 Å². The molecule has 3 rings (SSSR count). The summed E-state index contributed by atoms with van der Waals surface area (Å²) in [4.78, 5) is 4.25. The van der Waals surface area contributed by atoms with Gasteiger partial charge < -0.3 is 5.11 Å². The molecular weight excluding hydrogens is 252 g/mol. The van der Waals surface area contributed by atoms with Crippen molar-refractivity contribution in [1.82, 2.24) is 9.29 Å². The number of sulfonamides is 1. The van der Waals surface area contributed by atoms with Gasteiger partial charge in [0.15, 0.2) is 0 Å². The van der Waals surface area contributed by atoms with Gasteiger partial charge in [0.25, 0.3) is 0 Å². The molecule has 1 aromatic heterocycles. The Morgan fingerprint density at radius 1 is 1.28 bits per heavy atom. The summed E-state index contributed by atoms with van der Waals surface area (Å²) in [6, 6.07) is 6.81. The molecule has 2 heterocycles. The zero-order valence-electron chi connectivity index (χ0n) is 9.52. The van der Waals surface area contributed by atoms with E-state index in [1.165, 1.54) is 4.31 Å². The quantitative estimate of drug-likeness (QED) is 0.862. The molecule has 18 heavy (non-hydrogen) atoms. The number of fused-ring (bicyclic) bond motifs is 1. The Hall–Kier alpha value is -1.50. The Kier molecular flexibility index (Phi) is 2.58. The van der Waals surface area contributed by atoms with E-state index < -0.39 is 16.1 Å². The number of rotatable bonds is 2. The molecule has 0 atom stereocenters. The Labute approximate surface area is 105 Å². The second-order valence-corrected chi connectivity index (χ2v) is 6.24. The van der Waals surface area contributed by atoms with Crippen LogP contribution in [0.4, 0.5) is 0 Å². The molecule has 1 N–H and O–H groups in total. The van der Waals surface area contributed by atoms with Crippen LogP contribution in [0.15, 0.2) is 41.6 Å². The summed E-state index contributed by atoms with van der Waals surface area (Å²) in [5.74, 6) is 0. The van der Waals surface area contributed by atoms with E-state index in [1.54, 1.807) is 30.6 Å². The molecule has 1 saturated heterocycles. The SMILES string of the molecule is O=S(=O)(c1cccc2cnccc12)N1CC(O)C1. The number of hydrogen-bond acceptors (Lipinski definition) is 4. The lowest BCUT2D eigenvalue weighted by molar-refractivity contribution is 0.0548. The zero-order valence-corrected chi connectivity index (χ0v) is 10.3. The molecule has 6 heteroatoms. The molecule has 1 fully saturated rings. The van der Waals surface area contributed by atoms with E-state index in [1.807, 2.05) is 6.07 Å². The lowest BCUT2D eigenvalue weighted by atomic mass is 10.2. The molecule has 1 aromatic carbocycles. The summed E-state index contributed by atoms with van der Waals surface area (Å²) >= 11 is 0.